The van der Waals surface area contributed by atoms with Gasteiger partial charge in [0.2, 0.25) is 0 Å². The standard InChI is InChI=1S/C12H16N2O4/c1-13-11-7-9(14(15)16)4-5-12(11)18-8-10-3-2-6-17-10/h4-5,7,10,13H,2-3,6,8H2,1H3. The highest BCUT2D eigenvalue weighted by Gasteiger charge is 2.17. The Labute approximate surface area is 105 Å². The molecule has 0 aromatic heterocycles. The number of ether oxygens (including phenoxy) is 2. The summed E-state index contributed by atoms with van der Waals surface area (Å²) in [4.78, 5) is 10.2. The summed E-state index contributed by atoms with van der Waals surface area (Å²) in [6.07, 6.45) is 2.19. The van der Waals surface area contributed by atoms with Gasteiger partial charge in [0.05, 0.1) is 16.7 Å². The molecule has 6 nitrogen and oxygen atoms in total. The summed E-state index contributed by atoms with van der Waals surface area (Å²) in [7, 11) is 1.71. The molecule has 18 heavy (non-hydrogen) atoms. The van der Waals surface area contributed by atoms with Crippen molar-refractivity contribution in [1.29, 1.82) is 0 Å². The summed E-state index contributed by atoms with van der Waals surface area (Å²) >= 11 is 0. The minimum atomic E-state index is -0.426. The zero-order valence-electron chi connectivity index (χ0n) is 10.2. The van der Waals surface area contributed by atoms with Crippen LogP contribution in [0.15, 0.2) is 18.2 Å². The molecule has 1 unspecified atom stereocenters. The van der Waals surface area contributed by atoms with Gasteiger partial charge in [0.25, 0.3) is 5.69 Å². The van der Waals surface area contributed by atoms with E-state index in [1.165, 1.54) is 12.1 Å². The van der Waals surface area contributed by atoms with E-state index < -0.39 is 4.92 Å². The van der Waals surface area contributed by atoms with E-state index in [1.807, 2.05) is 0 Å². The van der Waals surface area contributed by atoms with Crippen LogP contribution in [-0.4, -0.2) is 31.3 Å². The summed E-state index contributed by atoms with van der Waals surface area (Å²) in [6, 6.07) is 4.51. The van der Waals surface area contributed by atoms with Crippen LogP contribution in [0.25, 0.3) is 0 Å². The van der Waals surface area contributed by atoms with E-state index in [4.69, 9.17) is 9.47 Å². The molecule has 0 saturated carbocycles. The highest BCUT2D eigenvalue weighted by Crippen LogP contribution is 2.29. The van der Waals surface area contributed by atoms with Gasteiger partial charge in [0.15, 0.2) is 0 Å². The summed E-state index contributed by atoms with van der Waals surface area (Å²) in [5.74, 6) is 0.610. The van der Waals surface area contributed by atoms with Crippen LogP contribution < -0.4 is 10.1 Å². The van der Waals surface area contributed by atoms with E-state index in [0.29, 0.717) is 18.0 Å². The smallest absolute Gasteiger partial charge is 0.271 e. The van der Waals surface area contributed by atoms with Crippen LogP contribution in [0.4, 0.5) is 11.4 Å². The number of nitrogens with zero attached hydrogens (tertiary/aromatic N) is 1. The van der Waals surface area contributed by atoms with Gasteiger partial charge < -0.3 is 14.8 Å². The predicted molar refractivity (Wildman–Crippen MR) is 67.1 cm³/mol. The summed E-state index contributed by atoms with van der Waals surface area (Å²) in [5, 5.41) is 13.6. The zero-order chi connectivity index (χ0) is 13.0. The first kappa shape index (κ1) is 12.6. The van der Waals surface area contributed by atoms with Crippen molar-refractivity contribution in [2.75, 3.05) is 25.6 Å². The molecule has 1 aliphatic heterocycles. The van der Waals surface area contributed by atoms with Crippen molar-refractivity contribution in [2.45, 2.75) is 18.9 Å². The fourth-order valence-electron chi connectivity index (χ4n) is 1.91. The van der Waals surface area contributed by atoms with Crippen molar-refractivity contribution in [3.63, 3.8) is 0 Å². The third-order valence-electron chi connectivity index (χ3n) is 2.89. The highest BCUT2D eigenvalue weighted by atomic mass is 16.6. The zero-order valence-corrected chi connectivity index (χ0v) is 10.2. The van der Waals surface area contributed by atoms with Crippen LogP contribution in [0.2, 0.25) is 0 Å². The van der Waals surface area contributed by atoms with Crippen LogP contribution in [0.3, 0.4) is 0 Å². The first-order valence-electron chi connectivity index (χ1n) is 5.91. The Hall–Kier alpha value is -1.82. The van der Waals surface area contributed by atoms with E-state index in [-0.39, 0.29) is 11.8 Å². The van der Waals surface area contributed by atoms with Gasteiger partial charge in [-0.15, -0.1) is 0 Å². The van der Waals surface area contributed by atoms with Gasteiger partial charge in [-0.3, -0.25) is 10.1 Å². The molecule has 1 N–H and O–H groups in total. The molecule has 1 heterocycles. The molecule has 98 valence electrons. The van der Waals surface area contributed by atoms with E-state index in [9.17, 15) is 10.1 Å². The SMILES string of the molecule is CNc1cc([N+](=O)[O-])ccc1OCC1CCCO1. The number of nitro groups is 1. The van der Waals surface area contributed by atoms with Crippen LogP contribution in [-0.2, 0) is 4.74 Å². The topological polar surface area (TPSA) is 73.6 Å². The van der Waals surface area contributed by atoms with Crippen LogP contribution in [0, 0.1) is 10.1 Å². The Morgan fingerprint density at radius 2 is 2.44 bits per heavy atom. The molecule has 1 atom stereocenters. The lowest BCUT2D eigenvalue weighted by atomic mass is 10.2. The number of hydrogen-bond donors (Lipinski definition) is 1. The Morgan fingerprint density at radius 1 is 1.61 bits per heavy atom. The fourth-order valence-corrected chi connectivity index (χ4v) is 1.91. The van der Waals surface area contributed by atoms with E-state index in [1.54, 1.807) is 13.1 Å². The largest absolute Gasteiger partial charge is 0.489 e. The number of nitro benzene ring substituents is 1. The molecule has 0 spiro atoms. The molecule has 1 fully saturated rings. The molecule has 1 aromatic rings. The molecule has 0 bridgehead atoms. The van der Waals surface area contributed by atoms with Gasteiger partial charge >= 0.3 is 0 Å². The predicted octanol–water partition coefficient (Wildman–Crippen LogP) is 2.19. The highest BCUT2D eigenvalue weighted by molar-refractivity contribution is 5.61. The maximum absolute atomic E-state index is 10.7. The summed E-state index contributed by atoms with van der Waals surface area (Å²) in [6.45, 7) is 1.26. The van der Waals surface area contributed by atoms with Gasteiger partial charge in [0, 0.05) is 25.8 Å². The average Bonchev–Trinajstić information content (AvgIpc) is 2.89. The second kappa shape index (κ2) is 5.68. The minimum Gasteiger partial charge on any atom is -0.489 e. The molecule has 1 aliphatic rings. The van der Waals surface area contributed by atoms with Crippen LogP contribution >= 0.6 is 0 Å². The van der Waals surface area contributed by atoms with Crippen molar-refractivity contribution in [2.24, 2.45) is 0 Å². The van der Waals surface area contributed by atoms with Gasteiger partial charge in [-0.1, -0.05) is 0 Å². The molecular weight excluding hydrogens is 236 g/mol. The van der Waals surface area contributed by atoms with Gasteiger partial charge in [-0.2, -0.15) is 0 Å². The monoisotopic (exact) mass is 252 g/mol. The molecule has 0 aliphatic carbocycles. The lowest BCUT2D eigenvalue weighted by Gasteiger charge is -2.14. The van der Waals surface area contributed by atoms with E-state index in [2.05, 4.69) is 5.32 Å². The van der Waals surface area contributed by atoms with Crippen molar-refractivity contribution in [3.8, 4) is 5.75 Å². The Bertz CT molecular complexity index is 430. The molecule has 1 saturated heterocycles. The molecule has 6 heteroatoms. The second-order valence-electron chi connectivity index (χ2n) is 4.13. The van der Waals surface area contributed by atoms with Crippen LogP contribution in [0.1, 0.15) is 12.8 Å². The number of hydrogen-bond acceptors (Lipinski definition) is 5. The Kier molecular flexibility index (Phi) is 3.99. The Morgan fingerprint density at radius 3 is 3.06 bits per heavy atom. The molecule has 0 radical (unpaired) electrons. The summed E-state index contributed by atoms with van der Waals surface area (Å²) in [5.41, 5.74) is 0.658. The normalized spacial score (nSPS) is 18.6. The van der Waals surface area contributed by atoms with Crippen molar-refractivity contribution in [1.82, 2.24) is 0 Å². The van der Waals surface area contributed by atoms with Gasteiger partial charge in [-0.25, -0.2) is 0 Å². The van der Waals surface area contributed by atoms with Crippen molar-refractivity contribution < 1.29 is 14.4 Å². The van der Waals surface area contributed by atoms with E-state index in [0.717, 1.165) is 19.4 Å². The minimum absolute atomic E-state index is 0.0452. The fraction of sp³-hybridized carbons (Fsp3) is 0.500. The van der Waals surface area contributed by atoms with Gasteiger partial charge in [0.1, 0.15) is 12.4 Å². The molecular formula is C12H16N2O4. The first-order valence-corrected chi connectivity index (χ1v) is 5.91. The number of rotatable bonds is 5. The van der Waals surface area contributed by atoms with Crippen molar-refractivity contribution >= 4 is 11.4 Å². The van der Waals surface area contributed by atoms with Crippen LogP contribution in [0.5, 0.6) is 5.75 Å². The number of benzene rings is 1. The third-order valence-corrected chi connectivity index (χ3v) is 2.89. The lowest BCUT2D eigenvalue weighted by molar-refractivity contribution is -0.384. The summed E-state index contributed by atoms with van der Waals surface area (Å²) < 4.78 is 11.1. The average molecular weight is 252 g/mol. The maximum atomic E-state index is 10.7. The maximum Gasteiger partial charge on any atom is 0.271 e. The number of nitrogens with one attached hydrogen (secondary N) is 1. The first-order chi connectivity index (χ1) is 8.70. The molecule has 0 amide bonds. The quantitative estimate of drug-likeness (QED) is 0.642. The molecule has 1 aromatic carbocycles. The third kappa shape index (κ3) is 2.89. The second-order valence-corrected chi connectivity index (χ2v) is 4.13. The Balaban J connectivity index is 2.04. The van der Waals surface area contributed by atoms with Gasteiger partial charge in [-0.05, 0) is 18.9 Å². The molecule has 2 rings (SSSR count). The van der Waals surface area contributed by atoms with Crippen molar-refractivity contribution in [3.05, 3.63) is 28.3 Å². The number of anilines is 1. The lowest BCUT2D eigenvalue weighted by Crippen LogP contribution is -2.16. The van der Waals surface area contributed by atoms with E-state index >= 15 is 0 Å². The number of non-ortho nitro benzene ring substituents is 1.